The Kier molecular flexibility index (Phi) is 5.82. The molecule has 0 aliphatic carbocycles. The van der Waals surface area contributed by atoms with Crippen LogP contribution < -0.4 is 0 Å². The summed E-state index contributed by atoms with van der Waals surface area (Å²) < 4.78 is 0. The zero-order valence-corrected chi connectivity index (χ0v) is 13.2. The molecular weight excluding hydrogens is 228 g/mol. The first-order valence-corrected chi connectivity index (χ1v) is 7.18. The normalized spacial score (nSPS) is 9.79. The SMILES string of the molecule is CC.Cc1ccc(Cc2ccc(C)c(C)c2)cc1C. The third-order valence-corrected chi connectivity index (χ3v) is 3.55. The first kappa shape index (κ1) is 15.5. The highest BCUT2D eigenvalue weighted by molar-refractivity contribution is 5.36. The Labute approximate surface area is 118 Å². The minimum Gasteiger partial charge on any atom is -0.0683 e. The molecular formula is C19H26. The zero-order chi connectivity index (χ0) is 14.4. The summed E-state index contributed by atoms with van der Waals surface area (Å²) in [6.45, 7) is 12.7. The van der Waals surface area contributed by atoms with Gasteiger partial charge >= 0.3 is 0 Å². The summed E-state index contributed by atoms with van der Waals surface area (Å²) in [5.41, 5.74) is 8.30. The highest BCUT2D eigenvalue weighted by atomic mass is 14.1. The van der Waals surface area contributed by atoms with Gasteiger partial charge < -0.3 is 0 Å². The average molecular weight is 254 g/mol. The molecule has 0 N–H and O–H groups in total. The molecule has 0 unspecified atom stereocenters. The van der Waals surface area contributed by atoms with Crippen LogP contribution in [0.2, 0.25) is 0 Å². The lowest BCUT2D eigenvalue weighted by atomic mass is 9.98. The smallest absolute Gasteiger partial charge is 0.00256 e. The van der Waals surface area contributed by atoms with Gasteiger partial charge in [-0.1, -0.05) is 50.2 Å². The second kappa shape index (κ2) is 7.13. The van der Waals surface area contributed by atoms with Gasteiger partial charge in [-0.2, -0.15) is 0 Å². The van der Waals surface area contributed by atoms with Crippen molar-refractivity contribution in [1.29, 1.82) is 0 Å². The molecule has 0 aliphatic heterocycles. The Morgan fingerprint density at radius 3 is 1.26 bits per heavy atom. The van der Waals surface area contributed by atoms with Gasteiger partial charge in [-0.15, -0.1) is 0 Å². The molecule has 2 aromatic carbocycles. The minimum absolute atomic E-state index is 1.03. The Morgan fingerprint density at radius 1 is 0.579 bits per heavy atom. The van der Waals surface area contributed by atoms with E-state index in [0.717, 1.165) is 6.42 Å². The summed E-state index contributed by atoms with van der Waals surface area (Å²) in [5.74, 6) is 0. The van der Waals surface area contributed by atoms with E-state index in [2.05, 4.69) is 64.1 Å². The maximum atomic E-state index is 2.30. The van der Waals surface area contributed by atoms with Crippen molar-refractivity contribution in [2.45, 2.75) is 48.0 Å². The predicted molar refractivity (Wildman–Crippen MR) is 86.0 cm³/mol. The molecule has 0 spiro atoms. The predicted octanol–water partition coefficient (Wildman–Crippen LogP) is 5.54. The van der Waals surface area contributed by atoms with Crippen molar-refractivity contribution < 1.29 is 0 Å². The molecule has 0 heteroatoms. The Bertz CT molecular complexity index is 486. The lowest BCUT2D eigenvalue weighted by Gasteiger charge is -2.07. The average Bonchev–Trinajstić information content (AvgIpc) is 2.41. The number of aryl methyl sites for hydroxylation is 4. The molecule has 2 aromatic rings. The molecule has 0 nitrogen and oxygen atoms in total. The van der Waals surface area contributed by atoms with Gasteiger partial charge in [-0.25, -0.2) is 0 Å². The first-order valence-electron chi connectivity index (χ1n) is 7.18. The van der Waals surface area contributed by atoms with Crippen LogP contribution in [0, 0.1) is 27.7 Å². The monoisotopic (exact) mass is 254 g/mol. The number of benzene rings is 2. The summed E-state index contributed by atoms with van der Waals surface area (Å²) in [6.07, 6.45) is 1.03. The Hall–Kier alpha value is -1.56. The third kappa shape index (κ3) is 4.24. The van der Waals surface area contributed by atoms with Gasteiger partial charge in [0.05, 0.1) is 0 Å². The fraction of sp³-hybridized carbons (Fsp3) is 0.368. The molecule has 0 heterocycles. The van der Waals surface area contributed by atoms with Crippen LogP contribution in [0.4, 0.5) is 0 Å². The van der Waals surface area contributed by atoms with Crippen molar-refractivity contribution in [3.8, 4) is 0 Å². The molecule has 0 saturated carbocycles. The molecule has 0 bridgehead atoms. The summed E-state index contributed by atoms with van der Waals surface area (Å²) in [5, 5.41) is 0. The maximum absolute atomic E-state index is 2.30. The Morgan fingerprint density at radius 2 is 0.947 bits per heavy atom. The number of hydrogen-bond donors (Lipinski definition) is 0. The second-order valence-corrected chi connectivity index (χ2v) is 5.01. The summed E-state index contributed by atoms with van der Waals surface area (Å²) in [7, 11) is 0. The standard InChI is InChI=1S/C17H20.C2H6/c1-12-5-7-16(9-14(12)3)11-17-8-6-13(2)15(4)10-17;1-2/h5-10H,11H2,1-4H3;1-2H3. The molecule has 0 aliphatic rings. The lowest BCUT2D eigenvalue weighted by molar-refractivity contribution is 1.15. The van der Waals surface area contributed by atoms with Gasteiger partial charge in [0.15, 0.2) is 0 Å². The van der Waals surface area contributed by atoms with E-state index in [1.165, 1.54) is 33.4 Å². The van der Waals surface area contributed by atoms with Crippen molar-refractivity contribution in [2.75, 3.05) is 0 Å². The van der Waals surface area contributed by atoms with Crippen molar-refractivity contribution in [3.63, 3.8) is 0 Å². The summed E-state index contributed by atoms with van der Waals surface area (Å²) in [4.78, 5) is 0. The van der Waals surface area contributed by atoms with Gasteiger partial charge in [0.25, 0.3) is 0 Å². The summed E-state index contributed by atoms with van der Waals surface area (Å²) >= 11 is 0. The van der Waals surface area contributed by atoms with E-state index in [9.17, 15) is 0 Å². The van der Waals surface area contributed by atoms with E-state index in [1.807, 2.05) is 13.8 Å². The zero-order valence-electron chi connectivity index (χ0n) is 13.2. The van der Waals surface area contributed by atoms with Crippen molar-refractivity contribution >= 4 is 0 Å². The summed E-state index contributed by atoms with van der Waals surface area (Å²) in [6, 6.07) is 13.5. The van der Waals surface area contributed by atoms with E-state index in [0.29, 0.717) is 0 Å². The van der Waals surface area contributed by atoms with Crippen LogP contribution in [0.15, 0.2) is 36.4 Å². The van der Waals surface area contributed by atoms with Gasteiger partial charge in [-0.05, 0) is 67.5 Å². The van der Waals surface area contributed by atoms with E-state index in [4.69, 9.17) is 0 Å². The van der Waals surface area contributed by atoms with Crippen LogP contribution in [0.3, 0.4) is 0 Å². The Balaban J connectivity index is 0.000000861. The molecule has 102 valence electrons. The van der Waals surface area contributed by atoms with Crippen LogP contribution in [0.1, 0.15) is 47.2 Å². The van der Waals surface area contributed by atoms with E-state index in [-0.39, 0.29) is 0 Å². The topological polar surface area (TPSA) is 0 Å². The van der Waals surface area contributed by atoms with E-state index < -0.39 is 0 Å². The molecule has 0 amide bonds. The van der Waals surface area contributed by atoms with Crippen LogP contribution in [-0.4, -0.2) is 0 Å². The van der Waals surface area contributed by atoms with Crippen LogP contribution in [0.5, 0.6) is 0 Å². The quantitative estimate of drug-likeness (QED) is 0.660. The molecule has 0 saturated heterocycles. The minimum atomic E-state index is 1.03. The van der Waals surface area contributed by atoms with Crippen LogP contribution in [0.25, 0.3) is 0 Å². The molecule has 0 aromatic heterocycles. The molecule has 0 atom stereocenters. The van der Waals surface area contributed by atoms with Gasteiger partial charge in [0, 0.05) is 0 Å². The molecule has 19 heavy (non-hydrogen) atoms. The lowest BCUT2D eigenvalue weighted by Crippen LogP contribution is -1.92. The van der Waals surface area contributed by atoms with Crippen molar-refractivity contribution in [2.24, 2.45) is 0 Å². The van der Waals surface area contributed by atoms with Crippen molar-refractivity contribution in [1.82, 2.24) is 0 Å². The molecule has 2 rings (SSSR count). The first-order chi connectivity index (χ1) is 9.06. The number of hydrogen-bond acceptors (Lipinski definition) is 0. The third-order valence-electron chi connectivity index (χ3n) is 3.55. The number of rotatable bonds is 2. The molecule has 0 radical (unpaired) electrons. The maximum Gasteiger partial charge on any atom is -0.00256 e. The van der Waals surface area contributed by atoms with Crippen molar-refractivity contribution in [3.05, 3.63) is 69.8 Å². The van der Waals surface area contributed by atoms with Gasteiger partial charge in [0.1, 0.15) is 0 Å². The van der Waals surface area contributed by atoms with Gasteiger partial charge in [0.2, 0.25) is 0 Å². The van der Waals surface area contributed by atoms with Gasteiger partial charge in [-0.3, -0.25) is 0 Å². The van der Waals surface area contributed by atoms with Crippen LogP contribution >= 0.6 is 0 Å². The van der Waals surface area contributed by atoms with E-state index >= 15 is 0 Å². The van der Waals surface area contributed by atoms with E-state index in [1.54, 1.807) is 0 Å². The fourth-order valence-electron chi connectivity index (χ4n) is 2.06. The fourth-order valence-corrected chi connectivity index (χ4v) is 2.06. The largest absolute Gasteiger partial charge is 0.0683 e. The second-order valence-electron chi connectivity index (χ2n) is 5.01. The molecule has 0 fully saturated rings. The highest BCUT2D eigenvalue weighted by Gasteiger charge is 2.00. The highest BCUT2D eigenvalue weighted by Crippen LogP contribution is 2.16. The van der Waals surface area contributed by atoms with Crippen LogP contribution in [-0.2, 0) is 6.42 Å².